The van der Waals surface area contributed by atoms with Gasteiger partial charge in [-0.2, -0.15) is 0 Å². The van der Waals surface area contributed by atoms with Gasteiger partial charge in [0, 0.05) is 16.5 Å². The van der Waals surface area contributed by atoms with Crippen LogP contribution in [0.25, 0.3) is 22.2 Å². The number of benzene rings is 2. The first kappa shape index (κ1) is 10.9. The average Bonchev–Trinajstić information content (AvgIpc) is 2.73. The standard InChI is InChI=1S/C16H15NO/c1-10-7-11(2)13-9-15(17-14(13)8-10)12-5-3-4-6-16(12)18/h3-9,17-18H,1-2H3. The van der Waals surface area contributed by atoms with Gasteiger partial charge in [-0.15, -0.1) is 0 Å². The Hall–Kier alpha value is -2.22. The van der Waals surface area contributed by atoms with E-state index in [0.717, 1.165) is 16.8 Å². The van der Waals surface area contributed by atoms with Crippen LogP contribution in [-0.4, -0.2) is 10.1 Å². The molecule has 0 unspecified atom stereocenters. The van der Waals surface area contributed by atoms with Crippen LogP contribution in [0.3, 0.4) is 0 Å². The van der Waals surface area contributed by atoms with Gasteiger partial charge in [0.05, 0.1) is 5.69 Å². The third-order valence-electron chi connectivity index (χ3n) is 3.28. The van der Waals surface area contributed by atoms with Gasteiger partial charge in [0.2, 0.25) is 0 Å². The third-order valence-corrected chi connectivity index (χ3v) is 3.28. The minimum Gasteiger partial charge on any atom is -0.507 e. The van der Waals surface area contributed by atoms with Gasteiger partial charge in [-0.1, -0.05) is 18.2 Å². The van der Waals surface area contributed by atoms with E-state index in [0.29, 0.717) is 5.75 Å². The number of aromatic amines is 1. The van der Waals surface area contributed by atoms with Crippen molar-refractivity contribution in [2.24, 2.45) is 0 Å². The van der Waals surface area contributed by atoms with Crippen molar-refractivity contribution in [2.75, 3.05) is 0 Å². The van der Waals surface area contributed by atoms with Gasteiger partial charge in [0.15, 0.2) is 0 Å². The predicted octanol–water partition coefficient (Wildman–Crippen LogP) is 4.16. The van der Waals surface area contributed by atoms with Crippen LogP contribution in [0.2, 0.25) is 0 Å². The number of phenols is 1. The van der Waals surface area contributed by atoms with Gasteiger partial charge < -0.3 is 10.1 Å². The van der Waals surface area contributed by atoms with Crippen LogP contribution in [0.4, 0.5) is 0 Å². The number of rotatable bonds is 1. The Kier molecular flexibility index (Phi) is 2.37. The Morgan fingerprint density at radius 2 is 1.78 bits per heavy atom. The minimum absolute atomic E-state index is 0.304. The molecule has 0 aliphatic rings. The largest absolute Gasteiger partial charge is 0.507 e. The zero-order valence-corrected chi connectivity index (χ0v) is 10.5. The second kappa shape index (κ2) is 3.91. The molecule has 90 valence electrons. The summed E-state index contributed by atoms with van der Waals surface area (Å²) in [5.74, 6) is 0.304. The molecule has 2 nitrogen and oxygen atoms in total. The molecule has 0 saturated heterocycles. The van der Waals surface area contributed by atoms with Crippen LogP contribution in [-0.2, 0) is 0 Å². The molecule has 0 radical (unpaired) electrons. The maximum absolute atomic E-state index is 9.89. The number of H-pyrrole nitrogens is 1. The van der Waals surface area contributed by atoms with Crippen LogP contribution >= 0.6 is 0 Å². The molecule has 0 amide bonds. The van der Waals surface area contributed by atoms with Gasteiger partial charge in [-0.3, -0.25) is 0 Å². The van der Waals surface area contributed by atoms with E-state index in [1.54, 1.807) is 6.07 Å². The number of hydrogen-bond acceptors (Lipinski definition) is 1. The zero-order chi connectivity index (χ0) is 12.7. The first-order chi connectivity index (χ1) is 8.65. The molecular formula is C16H15NO. The lowest BCUT2D eigenvalue weighted by molar-refractivity contribution is 0.477. The van der Waals surface area contributed by atoms with Crippen molar-refractivity contribution in [1.29, 1.82) is 0 Å². The zero-order valence-electron chi connectivity index (χ0n) is 10.5. The van der Waals surface area contributed by atoms with E-state index in [2.05, 4.69) is 37.0 Å². The molecule has 0 atom stereocenters. The highest BCUT2D eigenvalue weighted by Crippen LogP contribution is 2.32. The molecule has 2 aromatic carbocycles. The highest BCUT2D eigenvalue weighted by Gasteiger charge is 2.08. The molecule has 0 bridgehead atoms. The van der Waals surface area contributed by atoms with Crippen molar-refractivity contribution in [3.63, 3.8) is 0 Å². The molecule has 1 aromatic heterocycles. The minimum atomic E-state index is 0.304. The van der Waals surface area contributed by atoms with Gasteiger partial charge in [-0.25, -0.2) is 0 Å². The number of hydrogen-bond donors (Lipinski definition) is 2. The summed E-state index contributed by atoms with van der Waals surface area (Å²) in [5, 5.41) is 11.1. The number of nitrogens with one attached hydrogen (secondary N) is 1. The average molecular weight is 237 g/mol. The van der Waals surface area contributed by atoms with Gasteiger partial charge >= 0.3 is 0 Å². The topological polar surface area (TPSA) is 36.0 Å². The fourth-order valence-electron chi connectivity index (χ4n) is 2.45. The summed E-state index contributed by atoms with van der Waals surface area (Å²) in [5.41, 5.74) is 5.40. The Balaban J connectivity index is 2.26. The molecule has 0 aliphatic heterocycles. The van der Waals surface area contributed by atoms with Crippen LogP contribution < -0.4 is 0 Å². The van der Waals surface area contributed by atoms with Crippen molar-refractivity contribution in [2.45, 2.75) is 13.8 Å². The second-order valence-corrected chi connectivity index (χ2v) is 4.74. The summed E-state index contributed by atoms with van der Waals surface area (Å²) in [4.78, 5) is 3.37. The maximum Gasteiger partial charge on any atom is 0.124 e. The van der Waals surface area contributed by atoms with Gasteiger partial charge in [0.25, 0.3) is 0 Å². The van der Waals surface area contributed by atoms with Crippen LogP contribution in [0.1, 0.15) is 11.1 Å². The molecule has 1 heterocycles. The lowest BCUT2D eigenvalue weighted by atomic mass is 10.1. The van der Waals surface area contributed by atoms with Crippen LogP contribution in [0, 0.1) is 13.8 Å². The van der Waals surface area contributed by atoms with Crippen LogP contribution in [0.5, 0.6) is 5.75 Å². The normalized spacial score (nSPS) is 11.0. The molecule has 0 aliphatic carbocycles. The Morgan fingerprint density at radius 1 is 1.00 bits per heavy atom. The number of aromatic nitrogens is 1. The highest BCUT2D eigenvalue weighted by molar-refractivity contribution is 5.89. The number of aromatic hydroxyl groups is 1. The fraction of sp³-hybridized carbons (Fsp3) is 0.125. The summed E-state index contributed by atoms with van der Waals surface area (Å²) < 4.78 is 0. The maximum atomic E-state index is 9.89. The van der Waals surface area contributed by atoms with E-state index in [9.17, 15) is 5.11 Å². The quantitative estimate of drug-likeness (QED) is 0.655. The lowest BCUT2D eigenvalue weighted by Crippen LogP contribution is -1.78. The SMILES string of the molecule is Cc1cc(C)c2cc(-c3ccccc3O)[nH]c2c1. The van der Waals surface area contributed by atoms with Crippen molar-refractivity contribution in [3.8, 4) is 17.0 Å². The van der Waals surface area contributed by atoms with Crippen LogP contribution in [0.15, 0.2) is 42.5 Å². The number of aryl methyl sites for hydroxylation is 2. The first-order valence-corrected chi connectivity index (χ1v) is 6.03. The third kappa shape index (κ3) is 1.66. The van der Waals surface area contributed by atoms with E-state index in [4.69, 9.17) is 0 Å². The smallest absolute Gasteiger partial charge is 0.124 e. The fourth-order valence-corrected chi connectivity index (χ4v) is 2.45. The molecule has 0 fully saturated rings. The first-order valence-electron chi connectivity index (χ1n) is 6.03. The molecule has 3 rings (SSSR count). The number of fused-ring (bicyclic) bond motifs is 1. The van der Waals surface area contributed by atoms with E-state index < -0.39 is 0 Å². The Morgan fingerprint density at radius 3 is 2.56 bits per heavy atom. The molecule has 18 heavy (non-hydrogen) atoms. The van der Waals surface area contributed by atoms with E-state index >= 15 is 0 Å². The lowest BCUT2D eigenvalue weighted by Gasteiger charge is -2.00. The monoisotopic (exact) mass is 237 g/mol. The molecule has 3 aromatic rings. The van der Waals surface area contributed by atoms with Crippen molar-refractivity contribution in [3.05, 3.63) is 53.6 Å². The summed E-state index contributed by atoms with van der Waals surface area (Å²) in [6, 6.07) is 13.8. The summed E-state index contributed by atoms with van der Waals surface area (Å²) >= 11 is 0. The predicted molar refractivity (Wildman–Crippen MR) is 74.9 cm³/mol. The highest BCUT2D eigenvalue weighted by atomic mass is 16.3. The summed E-state index contributed by atoms with van der Waals surface area (Å²) in [6.45, 7) is 4.20. The molecule has 0 saturated carbocycles. The molecular weight excluding hydrogens is 222 g/mol. The van der Waals surface area contributed by atoms with E-state index in [1.807, 2.05) is 18.2 Å². The molecule has 2 heteroatoms. The van der Waals surface area contributed by atoms with Gasteiger partial charge in [0.1, 0.15) is 5.75 Å². The second-order valence-electron chi connectivity index (χ2n) is 4.74. The summed E-state index contributed by atoms with van der Waals surface area (Å²) in [6.07, 6.45) is 0. The number of phenolic OH excluding ortho intramolecular Hbond substituents is 1. The Bertz CT molecular complexity index is 725. The Labute approximate surface area is 106 Å². The van der Waals surface area contributed by atoms with Gasteiger partial charge in [-0.05, 0) is 49.2 Å². The van der Waals surface area contributed by atoms with Crippen molar-refractivity contribution < 1.29 is 5.11 Å². The number of para-hydroxylation sites is 1. The molecule has 2 N–H and O–H groups in total. The van der Waals surface area contributed by atoms with Crippen molar-refractivity contribution in [1.82, 2.24) is 4.98 Å². The molecule has 0 spiro atoms. The van der Waals surface area contributed by atoms with E-state index in [-0.39, 0.29) is 0 Å². The van der Waals surface area contributed by atoms with Crippen molar-refractivity contribution >= 4 is 10.9 Å². The summed E-state index contributed by atoms with van der Waals surface area (Å²) in [7, 11) is 0. The van der Waals surface area contributed by atoms with E-state index in [1.165, 1.54) is 16.5 Å².